The highest BCUT2D eigenvalue weighted by molar-refractivity contribution is 6.71. The van der Waals surface area contributed by atoms with Crippen molar-refractivity contribution in [3.05, 3.63) is 0 Å². The Kier molecular flexibility index (Phi) is 6.49. The van der Waals surface area contributed by atoms with Crippen LogP contribution in [-0.2, 0) is 9.16 Å². The van der Waals surface area contributed by atoms with E-state index < -0.39 is 8.32 Å². The first-order valence-electron chi connectivity index (χ1n) is 8.50. The molecule has 0 aromatic heterocycles. The lowest BCUT2D eigenvalue weighted by atomic mass is 9.79. The van der Waals surface area contributed by atoms with Gasteiger partial charge in [0, 0.05) is 24.3 Å². The Labute approximate surface area is 133 Å². The zero-order valence-corrected chi connectivity index (χ0v) is 16.6. The zero-order chi connectivity index (χ0) is 16.3. The third-order valence-electron chi connectivity index (χ3n) is 5.08. The summed E-state index contributed by atoms with van der Waals surface area (Å²) in [5.74, 6) is 0. The maximum absolute atomic E-state index is 6.22. The van der Waals surface area contributed by atoms with E-state index in [1.807, 2.05) is 0 Å². The van der Waals surface area contributed by atoms with E-state index in [0.29, 0.717) is 6.10 Å². The fourth-order valence-electron chi connectivity index (χ4n) is 3.61. The summed E-state index contributed by atoms with van der Waals surface area (Å²) in [6.45, 7) is 17.7. The second-order valence-corrected chi connectivity index (χ2v) is 12.7. The van der Waals surface area contributed by atoms with Crippen molar-refractivity contribution in [1.82, 2.24) is 4.90 Å². The molecule has 0 aromatic rings. The molecule has 4 heteroatoms. The molecule has 0 saturated carbocycles. The maximum Gasteiger partial charge on any atom is 0.186 e. The molecule has 1 saturated heterocycles. The topological polar surface area (TPSA) is 21.7 Å². The molecule has 0 bridgehead atoms. The van der Waals surface area contributed by atoms with Gasteiger partial charge >= 0.3 is 0 Å². The molecule has 0 aromatic carbocycles. The van der Waals surface area contributed by atoms with Gasteiger partial charge in [-0.2, -0.15) is 0 Å². The Balaban J connectivity index is 2.39. The van der Waals surface area contributed by atoms with Crippen LogP contribution in [0.4, 0.5) is 0 Å². The van der Waals surface area contributed by atoms with Gasteiger partial charge in [0.05, 0.1) is 6.10 Å². The molecular weight excluding hydrogens is 278 g/mol. The first-order chi connectivity index (χ1) is 9.50. The summed E-state index contributed by atoms with van der Waals surface area (Å²) < 4.78 is 12.1. The van der Waals surface area contributed by atoms with E-state index in [-0.39, 0.29) is 11.1 Å². The molecule has 0 aliphatic carbocycles. The minimum absolute atomic E-state index is 0.214. The van der Waals surface area contributed by atoms with Crippen LogP contribution in [0.15, 0.2) is 0 Å². The lowest BCUT2D eigenvalue weighted by Crippen LogP contribution is -2.60. The van der Waals surface area contributed by atoms with Crippen molar-refractivity contribution in [1.29, 1.82) is 0 Å². The molecule has 1 aliphatic heterocycles. The Bertz CT molecular complexity index is 311. The lowest BCUT2D eigenvalue weighted by Gasteiger charge is -2.53. The minimum atomic E-state index is -1.45. The molecule has 0 N–H and O–H groups in total. The second kappa shape index (κ2) is 7.11. The maximum atomic E-state index is 6.22. The van der Waals surface area contributed by atoms with Crippen molar-refractivity contribution in [2.24, 2.45) is 0 Å². The summed E-state index contributed by atoms with van der Waals surface area (Å²) in [5, 5.41) is 0. The third kappa shape index (κ3) is 5.66. The fraction of sp³-hybridized carbons (Fsp3) is 1.00. The summed E-state index contributed by atoms with van der Waals surface area (Å²) in [5.41, 5.74) is 0.428. The van der Waals surface area contributed by atoms with E-state index in [1.165, 1.54) is 6.04 Å². The quantitative estimate of drug-likeness (QED) is 0.517. The average molecular weight is 316 g/mol. The largest absolute Gasteiger partial charge is 0.418 e. The van der Waals surface area contributed by atoms with Crippen LogP contribution < -0.4 is 0 Å². The number of likely N-dealkylation sites (tertiary alicyclic amines) is 1. The SMILES string of the molecule is CCO[Si](C)(C)CCCOC1CC(C)(C)N(C)C(C)(C)C1. The number of hydrogen-bond donors (Lipinski definition) is 0. The molecule has 0 unspecified atom stereocenters. The molecule has 3 nitrogen and oxygen atoms in total. The summed E-state index contributed by atoms with van der Waals surface area (Å²) in [4.78, 5) is 2.50. The number of piperidine rings is 1. The van der Waals surface area contributed by atoms with Gasteiger partial charge in [-0.15, -0.1) is 0 Å². The highest BCUT2D eigenvalue weighted by atomic mass is 28.4. The van der Waals surface area contributed by atoms with E-state index in [9.17, 15) is 0 Å². The van der Waals surface area contributed by atoms with Gasteiger partial charge in [-0.05, 0) is 80.1 Å². The highest BCUT2D eigenvalue weighted by Crippen LogP contribution is 2.38. The monoisotopic (exact) mass is 315 g/mol. The molecule has 0 spiro atoms. The van der Waals surface area contributed by atoms with E-state index in [0.717, 1.165) is 32.5 Å². The zero-order valence-electron chi connectivity index (χ0n) is 15.6. The van der Waals surface area contributed by atoms with E-state index >= 15 is 0 Å². The van der Waals surface area contributed by atoms with Gasteiger partial charge < -0.3 is 9.16 Å². The van der Waals surface area contributed by atoms with E-state index in [1.54, 1.807) is 0 Å². The van der Waals surface area contributed by atoms with Crippen molar-refractivity contribution in [3.8, 4) is 0 Å². The van der Waals surface area contributed by atoms with Crippen molar-refractivity contribution >= 4 is 8.32 Å². The molecule has 1 rings (SSSR count). The van der Waals surface area contributed by atoms with Gasteiger partial charge in [0.2, 0.25) is 0 Å². The van der Waals surface area contributed by atoms with Crippen LogP contribution in [0.1, 0.15) is 53.9 Å². The first-order valence-corrected chi connectivity index (χ1v) is 11.6. The number of ether oxygens (including phenoxy) is 1. The van der Waals surface area contributed by atoms with Crippen LogP contribution in [-0.4, -0.2) is 50.7 Å². The van der Waals surface area contributed by atoms with Crippen LogP contribution in [0.5, 0.6) is 0 Å². The Morgan fingerprint density at radius 3 is 2.10 bits per heavy atom. The number of hydrogen-bond acceptors (Lipinski definition) is 3. The first kappa shape index (κ1) is 19.1. The van der Waals surface area contributed by atoms with E-state index in [4.69, 9.17) is 9.16 Å². The Morgan fingerprint density at radius 2 is 1.62 bits per heavy atom. The predicted molar refractivity (Wildman–Crippen MR) is 93.4 cm³/mol. The van der Waals surface area contributed by atoms with E-state index in [2.05, 4.69) is 59.7 Å². The smallest absolute Gasteiger partial charge is 0.186 e. The molecule has 0 amide bonds. The van der Waals surface area contributed by atoms with Gasteiger partial charge in [0.1, 0.15) is 0 Å². The minimum Gasteiger partial charge on any atom is -0.418 e. The molecule has 21 heavy (non-hydrogen) atoms. The standard InChI is InChI=1S/C17H37NO2Si/c1-9-20-21(7,8)12-10-11-19-15-13-16(2,3)18(6)17(4,5)14-15/h15H,9-14H2,1-8H3. The second-order valence-electron chi connectivity index (χ2n) is 8.38. The van der Waals surface area contributed by atoms with Crippen LogP contribution in [0.2, 0.25) is 19.1 Å². The summed E-state index contributed by atoms with van der Waals surface area (Å²) in [6.07, 6.45) is 3.77. The van der Waals surface area contributed by atoms with Crippen molar-refractivity contribution < 1.29 is 9.16 Å². The normalized spacial score (nSPS) is 23.4. The van der Waals surface area contributed by atoms with Crippen LogP contribution in [0.3, 0.4) is 0 Å². The number of nitrogens with zero attached hydrogens (tertiary/aromatic N) is 1. The van der Waals surface area contributed by atoms with Crippen LogP contribution >= 0.6 is 0 Å². The van der Waals surface area contributed by atoms with Gasteiger partial charge in [-0.3, -0.25) is 4.90 Å². The molecule has 126 valence electrons. The molecule has 1 heterocycles. The predicted octanol–water partition coefficient (Wildman–Crippen LogP) is 4.29. The van der Waals surface area contributed by atoms with Gasteiger partial charge in [-0.25, -0.2) is 0 Å². The lowest BCUT2D eigenvalue weighted by molar-refractivity contribution is -0.0912. The van der Waals surface area contributed by atoms with Crippen LogP contribution in [0.25, 0.3) is 0 Å². The van der Waals surface area contributed by atoms with Gasteiger partial charge in [0.15, 0.2) is 8.32 Å². The summed E-state index contributed by atoms with van der Waals surface area (Å²) in [7, 11) is 0.797. The highest BCUT2D eigenvalue weighted by Gasteiger charge is 2.43. The summed E-state index contributed by atoms with van der Waals surface area (Å²) >= 11 is 0. The Morgan fingerprint density at radius 1 is 1.10 bits per heavy atom. The van der Waals surface area contributed by atoms with Gasteiger partial charge in [-0.1, -0.05) is 0 Å². The van der Waals surface area contributed by atoms with Crippen LogP contribution in [0, 0.1) is 0 Å². The number of rotatable bonds is 7. The van der Waals surface area contributed by atoms with Crippen molar-refractivity contribution in [3.63, 3.8) is 0 Å². The average Bonchev–Trinajstić information content (AvgIpc) is 2.31. The molecule has 1 aliphatic rings. The van der Waals surface area contributed by atoms with Crippen molar-refractivity contribution in [2.75, 3.05) is 20.3 Å². The van der Waals surface area contributed by atoms with Gasteiger partial charge in [0.25, 0.3) is 0 Å². The molecular formula is C17H37NO2Si. The molecule has 1 fully saturated rings. The summed E-state index contributed by atoms with van der Waals surface area (Å²) in [6, 6.07) is 1.19. The fourth-order valence-corrected chi connectivity index (χ4v) is 5.53. The Hall–Kier alpha value is 0.0969. The van der Waals surface area contributed by atoms with Crippen molar-refractivity contribution in [2.45, 2.75) is 90.2 Å². The molecule has 0 radical (unpaired) electrons. The third-order valence-corrected chi connectivity index (χ3v) is 7.71. The molecule has 0 atom stereocenters.